The van der Waals surface area contributed by atoms with E-state index in [1.54, 1.807) is 17.0 Å². The van der Waals surface area contributed by atoms with Gasteiger partial charge in [-0.15, -0.1) is 0 Å². The van der Waals surface area contributed by atoms with Crippen molar-refractivity contribution in [1.82, 2.24) is 4.90 Å². The maximum Gasteiger partial charge on any atom is 0.254 e. The molecule has 1 amide bonds. The van der Waals surface area contributed by atoms with Gasteiger partial charge >= 0.3 is 0 Å². The fraction of sp³-hybridized carbons (Fsp3) is 0.316. The fourth-order valence-corrected chi connectivity index (χ4v) is 2.68. The Kier molecular flexibility index (Phi) is 5.46. The van der Waals surface area contributed by atoms with Gasteiger partial charge in [0.1, 0.15) is 11.5 Å². The minimum atomic E-state index is -0.0718. The summed E-state index contributed by atoms with van der Waals surface area (Å²) in [5.74, 6) is 1.24. The van der Waals surface area contributed by atoms with Crippen LogP contribution in [0.1, 0.15) is 10.4 Å². The van der Waals surface area contributed by atoms with E-state index in [1.807, 2.05) is 42.5 Å². The molecule has 0 saturated carbocycles. The predicted molar refractivity (Wildman–Crippen MR) is 90.3 cm³/mol. The lowest BCUT2D eigenvalue weighted by molar-refractivity contribution is 0.0728. The lowest BCUT2D eigenvalue weighted by Crippen LogP contribution is -2.36. The minimum Gasteiger partial charge on any atom is -0.457 e. The summed E-state index contributed by atoms with van der Waals surface area (Å²) < 4.78 is 11.2. The van der Waals surface area contributed by atoms with E-state index in [0.29, 0.717) is 37.6 Å². The summed E-state index contributed by atoms with van der Waals surface area (Å²) >= 11 is 0. The standard InChI is InChI=1S/C19H21NO4/c21-13-15-12-20(9-10-23-14-15)19(22)16-5-4-8-18(11-16)24-17-6-2-1-3-7-17/h1-8,11,15,21H,9-10,12-14H2/t15-/m1/s1. The summed E-state index contributed by atoms with van der Waals surface area (Å²) in [7, 11) is 0. The van der Waals surface area contributed by atoms with Crippen molar-refractivity contribution in [1.29, 1.82) is 0 Å². The Balaban J connectivity index is 1.74. The van der Waals surface area contributed by atoms with E-state index in [2.05, 4.69) is 0 Å². The van der Waals surface area contributed by atoms with Gasteiger partial charge in [0.25, 0.3) is 5.91 Å². The van der Waals surface area contributed by atoms with Crippen LogP contribution in [0, 0.1) is 5.92 Å². The highest BCUT2D eigenvalue weighted by Crippen LogP contribution is 2.22. The third-order valence-corrected chi connectivity index (χ3v) is 3.94. The second kappa shape index (κ2) is 7.95. The van der Waals surface area contributed by atoms with Crippen LogP contribution in [0.15, 0.2) is 54.6 Å². The summed E-state index contributed by atoms with van der Waals surface area (Å²) in [4.78, 5) is 14.5. The number of rotatable bonds is 4. The minimum absolute atomic E-state index is 0.0148. The van der Waals surface area contributed by atoms with E-state index >= 15 is 0 Å². The smallest absolute Gasteiger partial charge is 0.254 e. The number of hydrogen-bond donors (Lipinski definition) is 1. The molecule has 1 aliphatic heterocycles. The Bertz CT molecular complexity index is 674. The van der Waals surface area contributed by atoms with Gasteiger partial charge < -0.3 is 19.5 Å². The molecule has 1 saturated heterocycles. The van der Waals surface area contributed by atoms with Gasteiger partial charge in [-0.05, 0) is 30.3 Å². The Morgan fingerprint density at radius 3 is 2.75 bits per heavy atom. The molecule has 5 heteroatoms. The fourth-order valence-electron chi connectivity index (χ4n) is 2.68. The zero-order valence-corrected chi connectivity index (χ0v) is 13.4. The summed E-state index contributed by atoms with van der Waals surface area (Å²) in [6, 6.07) is 16.6. The second-order valence-corrected chi connectivity index (χ2v) is 5.82. The molecular formula is C19H21NO4. The molecule has 2 aromatic rings. The first-order valence-electron chi connectivity index (χ1n) is 8.07. The Labute approximate surface area is 141 Å². The maximum absolute atomic E-state index is 12.8. The van der Waals surface area contributed by atoms with Crippen molar-refractivity contribution in [3.05, 3.63) is 60.2 Å². The first kappa shape index (κ1) is 16.5. The Hall–Kier alpha value is -2.37. The van der Waals surface area contributed by atoms with E-state index in [4.69, 9.17) is 9.47 Å². The van der Waals surface area contributed by atoms with Crippen LogP contribution < -0.4 is 4.74 Å². The van der Waals surface area contributed by atoms with Gasteiger partial charge in [0, 0.05) is 31.2 Å². The van der Waals surface area contributed by atoms with Gasteiger partial charge in [0.2, 0.25) is 0 Å². The van der Waals surface area contributed by atoms with Crippen LogP contribution in [0.2, 0.25) is 0 Å². The number of aliphatic hydroxyl groups excluding tert-OH is 1. The van der Waals surface area contributed by atoms with Crippen molar-refractivity contribution in [2.45, 2.75) is 0 Å². The molecule has 0 bridgehead atoms. The Morgan fingerprint density at radius 1 is 1.17 bits per heavy atom. The molecule has 1 fully saturated rings. The number of amides is 1. The second-order valence-electron chi connectivity index (χ2n) is 5.82. The van der Waals surface area contributed by atoms with Crippen molar-refractivity contribution in [2.75, 3.05) is 32.9 Å². The average molecular weight is 327 g/mol. The average Bonchev–Trinajstić information content (AvgIpc) is 2.88. The van der Waals surface area contributed by atoms with Crippen molar-refractivity contribution in [2.24, 2.45) is 5.92 Å². The van der Waals surface area contributed by atoms with Crippen LogP contribution in [-0.2, 0) is 4.74 Å². The third kappa shape index (κ3) is 4.13. The van der Waals surface area contributed by atoms with Crippen LogP contribution in [0.4, 0.5) is 0 Å². The number of aliphatic hydroxyl groups is 1. The SMILES string of the molecule is O=C(c1cccc(Oc2ccccc2)c1)N1CCOC[C@@H](CO)C1. The molecule has 126 valence electrons. The van der Waals surface area contributed by atoms with Gasteiger partial charge in [0.05, 0.1) is 13.2 Å². The number of ether oxygens (including phenoxy) is 2. The number of benzene rings is 2. The monoisotopic (exact) mass is 327 g/mol. The molecule has 0 aromatic heterocycles. The molecule has 1 N–H and O–H groups in total. The first-order chi connectivity index (χ1) is 11.8. The maximum atomic E-state index is 12.8. The molecule has 0 spiro atoms. The Morgan fingerprint density at radius 2 is 1.96 bits per heavy atom. The van der Waals surface area contributed by atoms with E-state index < -0.39 is 0 Å². The summed E-state index contributed by atoms with van der Waals surface area (Å²) in [5.41, 5.74) is 0.571. The van der Waals surface area contributed by atoms with Gasteiger partial charge in [-0.1, -0.05) is 24.3 Å². The number of carbonyl (C=O) groups excluding carboxylic acids is 1. The van der Waals surface area contributed by atoms with Crippen molar-refractivity contribution in [3.63, 3.8) is 0 Å². The highest BCUT2D eigenvalue weighted by Gasteiger charge is 2.23. The molecule has 0 radical (unpaired) electrons. The molecule has 2 aromatic carbocycles. The number of para-hydroxylation sites is 1. The molecule has 3 rings (SSSR count). The highest BCUT2D eigenvalue weighted by atomic mass is 16.5. The van der Waals surface area contributed by atoms with E-state index in [9.17, 15) is 9.90 Å². The molecule has 1 heterocycles. The number of carbonyl (C=O) groups is 1. The quantitative estimate of drug-likeness (QED) is 0.937. The van der Waals surface area contributed by atoms with E-state index in [0.717, 1.165) is 5.75 Å². The van der Waals surface area contributed by atoms with Crippen LogP contribution in [0.25, 0.3) is 0 Å². The molecule has 24 heavy (non-hydrogen) atoms. The molecule has 1 atom stereocenters. The first-order valence-corrected chi connectivity index (χ1v) is 8.07. The normalized spacial score (nSPS) is 18.0. The molecule has 0 aliphatic carbocycles. The van der Waals surface area contributed by atoms with Crippen molar-refractivity contribution >= 4 is 5.91 Å². The summed E-state index contributed by atoms with van der Waals surface area (Å²) in [5, 5.41) is 9.36. The topological polar surface area (TPSA) is 59.0 Å². The number of hydrogen-bond acceptors (Lipinski definition) is 4. The zero-order valence-electron chi connectivity index (χ0n) is 13.4. The molecule has 1 aliphatic rings. The van der Waals surface area contributed by atoms with Crippen LogP contribution >= 0.6 is 0 Å². The van der Waals surface area contributed by atoms with Gasteiger partial charge in [-0.2, -0.15) is 0 Å². The van der Waals surface area contributed by atoms with E-state index in [-0.39, 0.29) is 18.4 Å². The van der Waals surface area contributed by atoms with Gasteiger partial charge in [-0.3, -0.25) is 4.79 Å². The number of nitrogens with zero attached hydrogens (tertiary/aromatic N) is 1. The van der Waals surface area contributed by atoms with Crippen LogP contribution in [0.3, 0.4) is 0 Å². The third-order valence-electron chi connectivity index (χ3n) is 3.94. The van der Waals surface area contributed by atoms with Crippen LogP contribution in [0.5, 0.6) is 11.5 Å². The van der Waals surface area contributed by atoms with Gasteiger partial charge in [-0.25, -0.2) is 0 Å². The summed E-state index contributed by atoms with van der Waals surface area (Å²) in [6.07, 6.45) is 0. The summed E-state index contributed by atoms with van der Waals surface area (Å²) in [6.45, 7) is 2.01. The predicted octanol–water partition coefficient (Wildman–Crippen LogP) is 2.56. The van der Waals surface area contributed by atoms with Crippen molar-refractivity contribution < 1.29 is 19.4 Å². The highest BCUT2D eigenvalue weighted by molar-refractivity contribution is 5.94. The van der Waals surface area contributed by atoms with Gasteiger partial charge in [0.15, 0.2) is 0 Å². The largest absolute Gasteiger partial charge is 0.457 e. The zero-order chi connectivity index (χ0) is 16.8. The van der Waals surface area contributed by atoms with Crippen LogP contribution in [-0.4, -0.2) is 48.8 Å². The molecule has 0 unspecified atom stereocenters. The lowest BCUT2D eigenvalue weighted by atomic mass is 10.1. The van der Waals surface area contributed by atoms with E-state index in [1.165, 1.54) is 0 Å². The molecule has 5 nitrogen and oxygen atoms in total. The lowest BCUT2D eigenvalue weighted by Gasteiger charge is -2.23. The van der Waals surface area contributed by atoms with Crippen molar-refractivity contribution in [3.8, 4) is 11.5 Å². The molecular weight excluding hydrogens is 306 g/mol.